The van der Waals surface area contributed by atoms with E-state index in [9.17, 15) is 4.79 Å². The summed E-state index contributed by atoms with van der Waals surface area (Å²) in [5.74, 6) is 1.27. The molecule has 0 unspecified atom stereocenters. The van der Waals surface area contributed by atoms with Crippen LogP contribution in [0.2, 0.25) is 0 Å². The molecule has 1 amide bonds. The standard InChI is InChI=1S/C14H15N3O2/c1-9-2-11(7-16-12(9)6-15)19-8-13(18)17-14-3-10(4-14)5-14/h2,7,10H,3-5,8H2,1H3,(H,17,18). The number of ether oxygens (including phenoxy) is 1. The molecule has 1 aromatic heterocycles. The van der Waals surface area contributed by atoms with E-state index >= 15 is 0 Å². The van der Waals surface area contributed by atoms with Gasteiger partial charge in [0.25, 0.3) is 5.91 Å². The minimum atomic E-state index is -0.0832. The molecule has 1 N–H and O–H groups in total. The van der Waals surface area contributed by atoms with Gasteiger partial charge >= 0.3 is 0 Å². The molecule has 5 heteroatoms. The summed E-state index contributed by atoms with van der Waals surface area (Å²) in [4.78, 5) is 15.7. The lowest BCUT2D eigenvalue weighted by Gasteiger charge is -2.61. The topological polar surface area (TPSA) is 75.0 Å². The van der Waals surface area contributed by atoms with Gasteiger partial charge in [-0.2, -0.15) is 5.26 Å². The fraction of sp³-hybridized carbons (Fsp3) is 0.500. The van der Waals surface area contributed by atoms with E-state index in [2.05, 4.69) is 10.3 Å². The van der Waals surface area contributed by atoms with Crippen molar-refractivity contribution in [3.05, 3.63) is 23.5 Å². The molecule has 4 rings (SSSR count). The second-order valence-electron chi connectivity index (χ2n) is 5.54. The Morgan fingerprint density at radius 3 is 2.89 bits per heavy atom. The Labute approximate surface area is 111 Å². The van der Waals surface area contributed by atoms with Gasteiger partial charge in [-0.15, -0.1) is 0 Å². The third-order valence-corrected chi connectivity index (χ3v) is 3.97. The van der Waals surface area contributed by atoms with Crippen molar-refractivity contribution in [2.24, 2.45) is 5.92 Å². The zero-order valence-electron chi connectivity index (χ0n) is 10.8. The highest BCUT2D eigenvalue weighted by Gasteiger charge is 2.57. The van der Waals surface area contributed by atoms with Crippen LogP contribution in [-0.4, -0.2) is 23.0 Å². The second kappa shape index (κ2) is 4.23. The van der Waals surface area contributed by atoms with Crippen LogP contribution in [0.4, 0.5) is 0 Å². The molecule has 1 heterocycles. The minimum Gasteiger partial charge on any atom is -0.482 e. The quantitative estimate of drug-likeness (QED) is 0.882. The molecular weight excluding hydrogens is 242 g/mol. The largest absolute Gasteiger partial charge is 0.482 e. The van der Waals surface area contributed by atoms with Crippen molar-refractivity contribution in [3.8, 4) is 11.8 Å². The van der Waals surface area contributed by atoms with Crippen LogP contribution in [-0.2, 0) is 4.79 Å². The van der Waals surface area contributed by atoms with Crippen molar-refractivity contribution in [2.75, 3.05) is 6.61 Å². The van der Waals surface area contributed by atoms with Crippen LogP contribution in [0.15, 0.2) is 12.3 Å². The third kappa shape index (κ3) is 2.14. The first kappa shape index (κ1) is 12.0. The van der Waals surface area contributed by atoms with Crippen molar-refractivity contribution in [3.63, 3.8) is 0 Å². The second-order valence-corrected chi connectivity index (χ2v) is 5.54. The first-order valence-corrected chi connectivity index (χ1v) is 6.41. The molecule has 0 atom stereocenters. The maximum absolute atomic E-state index is 11.7. The smallest absolute Gasteiger partial charge is 0.258 e. The fourth-order valence-corrected chi connectivity index (χ4v) is 2.86. The van der Waals surface area contributed by atoms with E-state index < -0.39 is 0 Å². The highest BCUT2D eigenvalue weighted by molar-refractivity contribution is 5.79. The highest BCUT2D eigenvalue weighted by Crippen LogP contribution is 2.56. The van der Waals surface area contributed by atoms with Gasteiger partial charge in [-0.3, -0.25) is 4.79 Å². The van der Waals surface area contributed by atoms with Crippen LogP contribution in [0.25, 0.3) is 0 Å². The Morgan fingerprint density at radius 1 is 1.63 bits per heavy atom. The monoisotopic (exact) mass is 257 g/mol. The number of hydrogen-bond acceptors (Lipinski definition) is 4. The SMILES string of the molecule is Cc1cc(OCC(=O)NC23CC(C2)C3)cnc1C#N. The van der Waals surface area contributed by atoms with Gasteiger partial charge in [0, 0.05) is 5.54 Å². The van der Waals surface area contributed by atoms with Gasteiger partial charge in [0.05, 0.1) is 6.20 Å². The van der Waals surface area contributed by atoms with Crippen molar-refractivity contribution >= 4 is 5.91 Å². The predicted molar refractivity (Wildman–Crippen MR) is 67.4 cm³/mol. The first-order chi connectivity index (χ1) is 9.10. The number of aromatic nitrogens is 1. The summed E-state index contributed by atoms with van der Waals surface area (Å²) in [7, 11) is 0. The lowest BCUT2D eigenvalue weighted by Crippen LogP contribution is -2.68. The van der Waals surface area contributed by atoms with Gasteiger partial charge in [0.1, 0.15) is 17.5 Å². The van der Waals surface area contributed by atoms with Crippen LogP contribution >= 0.6 is 0 Å². The molecule has 2 bridgehead atoms. The number of nitrogens with zero attached hydrogens (tertiary/aromatic N) is 2. The summed E-state index contributed by atoms with van der Waals surface area (Å²) in [5, 5.41) is 11.8. The number of rotatable bonds is 4. The summed E-state index contributed by atoms with van der Waals surface area (Å²) >= 11 is 0. The number of hydrogen-bond donors (Lipinski definition) is 1. The zero-order valence-corrected chi connectivity index (χ0v) is 10.8. The summed E-state index contributed by atoms with van der Waals surface area (Å²) < 4.78 is 5.40. The highest BCUT2D eigenvalue weighted by atomic mass is 16.5. The molecule has 0 spiro atoms. The molecule has 1 aromatic rings. The molecule has 19 heavy (non-hydrogen) atoms. The van der Waals surface area contributed by atoms with Gasteiger partial charge in [-0.25, -0.2) is 4.98 Å². The van der Waals surface area contributed by atoms with E-state index in [1.165, 1.54) is 6.20 Å². The summed E-state index contributed by atoms with van der Waals surface area (Å²) in [5.41, 5.74) is 1.22. The zero-order chi connectivity index (χ0) is 13.5. The van der Waals surface area contributed by atoms with Gasteiger partial charge < -0.3 is 10.1 Å². The molecule has 0 aliphatic heterocycles. The van der Waals surface area contributed by atoms with E-state index in [1.807, 2.05) is 6.07 Å². The van der Waals surface area contributed by atoms with Crippen molar-refractivity contribution < 1.29 is 9.53 Å². The molecule has 3 aliphatic carbocycles. The molecule has 0 radical (unpaired) electrons. The number of nitriles is 1. The summed E-state index contributed by atoms with van der Waals surface area (Å²) in [6.45, 7) is 1.79. The molecule has 98 valence electrons. The Balaban J connectivity index is 1.52. The van der Waals surface area contributed by atoms with Crippen LogP contribution in [0, 0.1) is 24.2 Å². The van der Waals surface area contributed by atoms with Gasteiger partial charge in [0.15, 0.2) is 6.61 Å². The Morgan fingerprint density at radius 2 is 2.37 bits per heavy atom. The number of amides is 1. The molecule has 0 aromatic carbocycles. The van der Waals surface area contributed by atoms with Gasteiger partial charge in [-0.1, -0.05) is 0 Å². The number of carbonyl (C=O) groups excluding carboxylic acids is 1. The number of carbonyl (C=O) groups is 1. The number of aryl methyl sites for hydroxylation is 1. The first-order valence-electron chi connectivity index (χ1n) is 6.41. The van der Waals surface area contributed by atoms with Crippen LogP contribution in [0.1, 0.15) is 30.5 Å². The lowest BCUT2D eigenvalue weighted by molar-refractivity contribution is -0.134. The summed E-state index contributed by atoms with van der Waals surface area (Å²) in [6.07, 6.45) is 4.84. The maximum atomic E-state index is 11.7. The third-order valence-electron chi connectivity index (χ3n) is 3.97. The van der Waals surface area contributed by atoms with Crippen LogP contribution in [0.5, 0.6) is 5.75 Å². The molecule has 5 nitrogen and oxygen atoms in total. The predicted octanol–water partition coefficient (Wildman–Crippen LogP) is 1.31. The average molecular weight is 257 g/mol. The van der Waals surface area contributed by atoms with Crippen molar-refractivity contribution in [2.45, 2.75) is 31.7 Å². The van der Waals surface area contributed by atoms with E-state index in [4.69, 9.17) is 10.00 Å². The van der Waals surface area contributed by atoms with Crippen LogP contribution < -0.4 is 10.1 Å². The Kier molecular flexibility index (Phi) is 2.67. The lowest BCUT2D eigenvalue weighted by atomic mass is 9.50. The van der Waals surface area contributed by atoms with E-state index in [1.54, 1.807) is 13.0 Å². The van der Waals surface area contributed by atoms with E-state index in [-0.39, 0.29) is 18.1 Å². The molecule has 3 saturated carbocycles. The van der Waals surface area contributed by atoms with E-state index in [0.717, 1.165) is 30.7 Å². The normalized spacial score (nSPS) is 26.6. The number of nitrogens with one attached hydrogen (secondary N) is 1. The minimum absolute atomic E-state index is 0.000559. The fourth-order valence-electron chi connectivity index (χ4n) is 2.86. The van der Waals surface area contributed by atoms with Crippen LogP contribution in [0.3, 0.4) is 0 Å². The molecule has 3 fully saturated rings. The van der Waals surface area contributed by atoms with Crippen molar-refractivity contribution in [1.29, 1.82) is 5.26 Å². The summed E-state index contributed by atoms with van der Waals surface area (Å²) in [6, 6.07) is 3.72. The molecule has 3 aliphatic rings. The Hall–Kier alpha value is -2.09. The van der Waals surface area contributed by atoms with E-state index in [0.29, 0.717) is 11.4 Å². The average Bonchev–Trinajstić information content (AvgIpc) is 2.30. The van der Waals surface area contributed by atoms with Gasteiger partial charge in [-0.05, 0) is 43.7 Å². The van der Waals surface area contributed by atoms with Crippen molar-refractivity contribution in [1.82, 2.24) is 10.3 Å². The Bertz CT molecular complexity index is 560. The van der Waals surface area contributed by atoms with Gasteiger partial charge in [0.2, 0.25) is 0 Å². The molecule has 0 saturated heterocycles. The maximum Gasteiger partial charge on any atom is 0.258 e. The number of pyridine rings is 1. The molecular formula is C14H15N3O2.